The second-order valence-electron chi connectivity index (χ2n) is 3.05. The lowest BCUT2D eigenvalue weighted by atomic mass is 10.4. The van der Waals surface area contributed by atoms with Crippen molar-refractivity contribution in [3.05, 3.63) is 0 Å². The molecule has 0 unspecified atom stereocenters. The van der Waals surface area contributed by atoms with E-state index in [1.807, 2.05) is 6.92 Å². The van der Waals surface area contributed by atoms with E-state index in [4.69, 9.17) is 0 Å². The van der Waals surface area contributed by atoms with E-state index in [1.54, 1.807) is 14.1 Å². The Balaban J connectivity index is 2.56. The highest BCUT2D eigenvalue weighted by atomic mass is 16.2. The fraction of sp³-hybridized carbons (Fsp3) is 0.750. The molecule has 68 valence electrons. The minimum Gasteiger partial charge on any atom is -0.356 e. The van der Waals surface area contributed by atoms with Crippen molar-refractivity contribution in [3.8, 4) is 0 Å². The Morgan fingerprint density at radius 2 is 2.08 bits per heavy atom. The molecule has 0 bridgehead atoms. The van der Waals surface area contributed by atoms with Crippen LogP contribution in [0.5, 0.6) is 0 Å². The predicted octanol–water partition coefficient (Wildman–Crippen LogP) is 0.792. The highest BCUT2D eigenvalue weighted by Gasteiger charge is 2.21. The Morgan fingerprint density at radius 1 is 1.50 bits per heavy atom. The Kier molecular flexibility index (Phi) is 2.68. The third kappa shape index (κ3) is 2.22. The summed E-state index contributed by atoms with van der Waals surface area (Å²) in [7, 11) is 3.42. The second-order valence-corrected chi connectivity index (χ2v) is 3.05. The van der Waals surface area contributed by atoms with Gasteiger partial charge in [0.15, 0.2) is 0 Å². The fourth-order valence-electron chi connectivity index (χ4n) is 0.892. The van der Waals surface area contributed by atoms with Gasteiger partial charge in [-0.3, -0.25) is 0 Å². The molecular formula is C8H15N3O. The van der Waals surface area contributed by atoms with Crippen molar-refractivity contribution in [1.82, 2.24) is 9.80 Å². The number of hydrogen-bond acceptors (Lipinski definition) is 1. The van der Waals surface area contributed by atoms with E-state index in [0.29, 0.717) is 0 Å². The lowest BCUT2D eigenvalue weighted by Crippen LogP contribution is -2.21. The lowest BCUT2D eigenvalue weighted by Gasteiger charge is -2.08. The van der Waals surface area contributed by atoms with E-state index < -0.39 is 0 Å². The zero-order valence-electron chi connectivity index (χ0n) is 7.87. The van der Waals surface area contributed by atoms with Crippen LogP contribution in [0.25, 0.3) is 0 Å². The minimum atomic E-state index is -0.168. The van der Waals surface area contributed by atoms with Crippen LogP contribution in [0.4, 0.5) is 4.79 Å². The maximum Gasteiger partial charge on any atom is 0.344 e. The summed E-state index contributed by atoms with van der Waals surface area (Å²) in [6.45, 7) is 4.11. The van der Waals surface area contributed by atoms with E-state index in [0.717, 1.165) is 25.3 Å². The number of carbonyl (C=O) groups excluding carboxylic acids is 1. The van der Waals surface area contributed by atoms with Gasteiger partial charge in [0, 0.05) is 33.6 Å². The highest BCUT2D eigenvalue weighted by molar-refractivity contribution is 5.94. The fourth-order valence-corrected chi connectivity index (χ4v) is 0.892. The van der Waals surface area contributed by atoms with Crippen LogP contribution in [0.2, 0.25) is 0 Å². The molecule has 0 atom stereocenters. The zero-order valence-corrected chi connectivity index (χ0v) is 7.87. The first kappa shape index (κ1) is 9.03. The first-order valence-corrected chi connectivity index (χ1v) is 4.19. The summed E-state index contributed by atoms with van der Waals surface area (Å²) < 4.78 is 0. The summed E-state index contributed by atoms with van der Waals surface area (Å²) in [4.78, 5) is 18.7. The molecule has 0 aliphatic carbocycles. The van der Waals surface area contributed by atoms with Crippen molar-refractivity contribution in [2.45, 2.75) is 13.3 Å². The van der Waals surface area contributed by atoms with Crippen LogP contribution >= 0.6 is 0 Å². The summed E-state index contributed by atoms with van der Waals surface area (Å²) in [5.74, 6) is 0.911. The molecule has 0 aromatic heterocycles. The molecular weight excluding hydrogens is 154 g/mol. The molecule has 1 heterocycles. The molecule has 0 aromatic carbocycles. The molecule has 0 N–H and O–H groups in total. The summed E-state index contributed by atoms with van der Waals surface area (Å²) in [6, 6.07) is -0.168. The number of nitrogens with zero attached hydrogens (tertiary/aromatic N) is 3. The summed E-state index contributed by atoms with van der Waals surface area (Å²) in [5.41, 5.74) is 0. The van der Waals surface area contributed by atoms with E-state index in [-0.39, 0.29) is 6.03 Å². The predicted molar refractivity (Wildman–Crippen MR) is 48.4 cm³/mol. The summed E-state index contributed by atoms with van der Waals surface area (Å²) in [5, 5.41) is 0. The normalized spacial score (nSPS) is 16.2. The van der Waals surface area contributed by atoms with Gasteiger partial charge >= 0.3 is 6.03 Å². The Labute approximate surface area is 72.9 Å². The van der Waals surface area contributed by atoms with Crippen molar-refractivity contribution in [2.75, 3.05) is 27.2 Å². The van der Waals surface area contributed by atoms with Gasteiger partial charge in [-0.05, 0) is 0 Å². The first-order chi connectivity index (χ1) is 5.65. The quantitative estimate of drug-likeness (QED) is 0.330. The van der Waals surface area contributed by atoms with Gasteiger partial charge in [0.05, 0.1) is 0 Å². The average Bonchev–Trinajstić information content (AvgIpc) is 2.82. The Bertz CT molecular complexity index is 206. The zero-order chi connectivity index (χ0) is 9.14. The van der Waals surface area contributed by atoms with Crippen LogP contribution in [-0.2, 0) is 0 Å². The van der Waals surface area contributed by atoms with Gasteiger partial charge in [0.2, 0.25) is 0 Å². The van der Waals surface area contributed by atoms with Gasteiger partial charge in [-0.25, -0.2) is 4.79 Å². The van der Waals surface area contributed by atoms with Crippen LogP contribution in [0.3, 0.4) is 0 Å². The Morgan fingerprint density at radius 3 is 2.42 bits per heavy atom. The largest absolute Gasteiger partial charge is 0.356 e. The van der Waals surface area contributed by atoms with Gasteiger partial charge in [-0.2, -0.15) is 4.99 Å². The topological polar surface area (TPSA) is 35.7 Å². The molecule has 0 saturated carbocycles. The van der Waals surface area contributed by atoms with E-state index in [2.05, 4.69) is 9.89 Å². The van der Waals surface area contributed by atoms with Gasteiger partial charge in [0.25, 0.3) is 0 Å². The molecule has 1 saturated heterocycles. The maximum atomic E-state index is 11.2. The highest BCUT2D eigenvalue weighted by Crippen LogP contribution is 2.08. The van der Waals surface area contributed by atoms with Gasteiger partial charge < -0.3 is 9.80 Å². The molecule has 4 heteroatoms. The van der Waals surface area contributed by atoms with Crippen LogP contribution in [-0.4, -0.2) is 48.9 Å². The van der Waals surface area contributed by atoms with Crippen molar-refractivity contribution < 1.29 is 4.79 Å². The lowest BCUT2D eigenvalue weighted by molar-refractivity contribution is 0.227. The van der Waals surface area contributed by atoms with E-state index in [9.17, 15) is 4.79 Å². The molecule has 0 spiro atoms. The number of aliphatic imine (C=N–C) groups is 1. The molecule has 1 fully saturated rings. The molecule has 4 nitrogen and oxygen atoms in total. The third-order valence-electron chi connectivity index (χ3n) is 1.74. The molecule has 0 radical (unpaired) electrons. The number of rotatable bonds is 1. The number of hydrogen-bond donors (Lipinski definition) is 0. The van der Waals surface area contributed by atoms with Crippen LogP contribution in [0.15, 0.2) is 4.99 Å². The van der Waals surface area contributed by atoms with Crippen molar-refractivity contribution in [2.24, 2.45) is 4.99 Å². The molecule has 12 heavy (non-hydrogen) atoms. The average molecular weight is 169 g/mol. The minimum absolute atomic E-state index is 0.168. The standard InChI is InChI=1S/C8H15N3O/c1-4-7(11-5-6-11)9-8(12)10(2)3/h4-6H2,1-3H3/b9-7+. The third-order valence-corrected chi connectivity index (χ3v) is 1.74. The number of amides is 2. The van der Waals surface area contributed by atoms with Gasteiger partial charge in [-0.15, -0.1) is 0 Å². The molecule has 2 amide bonds. The van der Waals surface area contributed by atoms with Crippen molar-refractivity contribution >= 4 is 11.9 Å². The summed E-state index contributed by atoms with van der Waals surface area (Å²) >= 11 is 0. The van der Waals surface area contributed by atoms with Crippen molar-refractivity contribution in [3.63, 3.8) is 0 Å². The molecule has 1 aliphatic heterocycles. The SMILES string of the molecule is CC/C(=N\C(=O)N(C)C)N1CC1. The van der Waals surface area contributed by atoms with Gasteiger partial charge in [0.1, 0.15) is 5.84 Å². The smallest absolute Gasteiger partial charge is 0.344 e. The second kappa shape index (κ2) is 3.56. The van der Waals surface area contributed by atoms with E-state index in [1.165, 1.54) is 4.90 Å². The molecule has 0 aromatic rings. The number of carbonyl (C=O) groups is 1. The van der Waals surface area contributed by atoms with Crippen molar-refractivity contribution in [1.29, 1.82) is 0 Å². The Hall–Kier alpha value is -1.06. The number of urea groups is 1. The van der Waals surface area contributed by atoms with Gasteiger partial charge in [-0.1, -0.05) is 6.92 Å². The summed E-state index contributed by atoms with van der Waals surface area (Å²) in [6.07, 6.45) is 0.833. The monoisotopic (exact) mass is 169 g/mol. The number of amidine groups is 1. The van der Waals surface area contributed by atoms with Crippen LogP contribution < -0.4 is 0 Å². The van der Waals surface area contributed by atoms with Crippen LogP contribution in [0.1, 0.15) is 13.3 Å². The van der Waals surface area contributed by atoms with E-state index >= 15 is 0 Å². The van der Waals surface area contributed by atoms with Crippen LogP contribution in [0, 0.1) is 0 Å². The molecule has 1 rings (SSSR count). The maximum absolute atomic E-state index is 11.2. The molecule has 1 aliphatic rings. The first-order valence-electron chi connectivity index (χ1n) is 4.19.